The zero-order valence-corrected chi connectivity index (χ0v) is 17.9. The molecular formula is C27H19F3N4. The van der Waals surface area contributed by atoms with E-state index in [1.165, 1.54) is 6.07 Å². The van der Waals surface area contributed by atoms with Crippen molar-refractivity contribution in [2.24, 2.45) is 5.10 Å². The van der Waals surface area contributed by atoms with Crippen LogP contribution in [-0.2, 0) is 6.18 Å². The number of alkyl halides is 3. The highest BCUT2D eigenvalue weighted by Gasteiger charge is 2.30. The molecule has 0 amide bonds. The van der Waals surface area contributed by atoms with E-state index in [0.29, 0.717) is 0 Å². The lowest BCUT2D eigenvalue weighted by Gasteiger charge is -2.12. The number of hydrogen-bond acceptors (Lipinski definition) is 3. The van der Waals surface area contributed by atoms with Gasteiger partial charge < -0.3 is 4.57 Å². The minimum absolute atomic E-state index is 0.220. The van der Waals surface area contributed by atoms with Crippen molar-refractivity contribution in [3.63, 3.8) is 0 Å². The third-order valence-corrected chi connectivity index (χ3v) is 5.44. The topological polar surface area (TPSA) is 42.2 Å². The summed E-state index contributed by atoms with van der Waals surface area (Å²) < 4.78 is 40.6. The van der Waals surface area contributed by atoms with Gasteiger partial charge in [-0.15, -0.1) is 0 Å². The third kappa shape index (κ3) is 4.15. The summed E-state index contributed by atoms with van der Waals surface area (Å²) in [7, 11) is 0. The second-order valence-corrected chi connectivity index (χ2v) is 7.62. The summed E-state index contributed by atoms with van der Waals surface area (Å²) in [5, 5.41) is 5.31. The van der Waals surface area contributed by atoms with E-state index in [4.69, 9.17) is 0 Å². The van der Waals surface area contributed by atoms with Crippen LogP contribution in [0.15, 0.2) is 108 Å². The number of halogens is 3. The van der Waals surface area contributed by atoms with E-state index < -0.39 is 11.7 Å². The Hall–Kier alpha value is -4.39. The molecule has 34 heavy (non-hydrogen) atoms. The number of nitrogens with zero attached hydrogens (tertiary/aromatic N) is 3. The normalized spacial score (nSPS) is 11.9. The van der Waals surface area contributed by atoms with Gasteiger partial charge in [-0.3, -0.25) is 5.43 Å². The van der Waals surface area contributed by atoms with Crippen LogP contribution >= 0.6 is 0 Å². The molecular weight excluding hydrogens is 437 g/mol. The predicted octanol–water partition coefficient (Wildman–Crippen LogP) is 7.16. The van der Waals surface area contributed by atoms with E-state index in [9.17, 15) is 13.2 Å². The maximum atomic E-state index is 12.8. The van der Waals surface area contributed by atoms with E-state index in [1.54, 1.807) is 6.21 Å². The lowest BCUT2D eigenvalue weighted by atomic mass is 10.1. The van der Waals surface area contributed by atoms with Gasteiger partial charge in [0, 0.05) is 22.8 Å². The summed E-state index contributed by atoms with van der Waals surface area (Å²) in [5.41, 5.74) is 6.81. The van der Waals surface area contributed by atoms with Crippen LogP contribution in [-0.4, -0.2) is 15.8 Å². The lowest BCUT2D eigenvalue weighted by Crippen LogP contribution is -2.05. The highest BCUT2D eigenvalue weighted by Crippen LogP contribution is 2.35. The first-order valence-corrected chi connectivity index (χ1v) is 10.6. The Morgan fingerprint density at radius 2 is 1.47 bits per heavy atom. The molecule has 4 nitrogen and oxygen atoms in total. The molecule has 0 radical (unpaired) electrons. The average Bonchev–Trinajstić information content (AvgIpc) is 3.19. The van der Waals surface area contributed by atoms with Gasteiger partial charge in [0.1, 0.15) is 5.82 Å². The van der Waals surface area contributed by atoms with Gasteiger partial charge in [-0.05, 0) is 35.9 Å². The number of para-hydroxylation sites is 2. The second kappa shape index (κ2) is 8.86. The zero-order valence-electron chi connectivity index (χ0n) is 17.9. The van der Waals surface area contributed by atoms with Crippen molar-refractivity contribution in [2.45, 2.75) is 6.18 Å². The van der Waals surface area contributed by atoms with E-state index in [0.717, 1.165) is 45.7 Å². The van der Waals surface area contributed by atoms with E-state index in [-0.39, 0.29) is 5.82 Å². The molecule has 0 aliphatic carbocycles. The number of pyridine rings is 1. The van der Waals surface area contributed by atoms with Crippen LogP contribution < -0.4 is 5.43 Å². The monoisotopic (exact) mass is 456 g/mol. The van der Waals surface area contributed by atoms with Crippen molar-refractivity contribution in [3.8, 4) is 16.9 Å². The number of anilines is 1. The van der Waals surface area contributed by atoms with Crippen LogP contribution in [0.5, 0.6) is 0 Å². The fourth-order valence-corrected chi connectivity index (χ4v) is 3.91. The van der Waals surface area contributed by atoms with Crippen molar-refractivity contribution in [3.05, 3.63) is 114 Å². The Labute approximate surface area is 194 Å². The molecule has 5 rings (SSSR count). The van der Waals surface area contributed by atoms with Gasteiger partial charge in [0.2, 0.25) is 0 Å². The van der Waals surface area contributed by atoms with Gasteiger partial charge in [0.15, 0.2) is 0 Å². The molecule has 0 aliphatic rings. The summed E-state index contributed by atoms with van der Waals surface area (Å²) in [6.45, 7) is 0. The van der Waals surface area contributed by atoms with Crippen LogP contribution in [0.3, 0.4) is 0 Å². The van der Waals surface area contributed by atoms with Gasteiger partial charge in [-0.1, -0.05) is 66.7 Å². The molecule has 7 heteroatoms. The molecule has 2 heterocycles. The van der Waals surface area contributed by atoms with Crippen molar-refractivity contribution < 1.29 is 13.2 Å². The molecule has 0 saturated carbocycles. The Morgan fingerprint density at radius 1 is 0.794 bits per heavy atom. The summed E-state index contributed by atoms with van der Waals surface area (Å²) in [6.07, 6.45) is -1.96. The summed E-state index contributed by atoms with van der Waals surface area (Å²) in [5.74, 6) is 0.220. The van der Waals surface area contributed by atoms with Crippen LogP contribution in [0.25, 0.3) is 27.8 Å². The standard InChI is InChI=1S/C27H19F3N4/c28-27(29,30)20-15-16-25(31-17-20)33-32-18-23-22-13-7-8-14-24(22)34(21-11-5-2-6-12-21)26(23)19-9-3-1-4-10-19/h1-18H,(H,31,33)/b32-18-. The third-order valence-electron chi connectivity index (χ3n) is 5.44. The molecule has 0 unspecified atom stereocenters. The Kier molecular flexibility index (Phi) is 5.59. The Bertz CT molecular complexity index is 1440. The first kappa shape index (κ1) is 21.5. The fraction of sp³-hybridized carbons (Fsp3) is 0.0370. The van der Waals surface area contributed by atoms with Crippen molar-refractivity contribution in [1.29, 1.82) is 0 Å². The van der Waals surface area contributed by atoms with Crippen LogP contribution in [0.1, 0.15) is 11.1 Å². The summed E-state index contributed by atoms with van der Waals surface area (Å²) in [4.78, 5) is 3.82. The molecule has 3 aromatic carbocycles. The maximum absolute atomic E-state index is 12.8. The lowest BCUT2D eigenvalue weighted by molar-refractivity contribution is -0.137. The molecule has 1 N–H and O–H groups in total. The molecule has 0 saturated heterocycles. The van der Waals surface area contributed by atoms with Crippen LogP contribution in [0.4, 0.5) is 19.0 Å². The first-order valence-electron chi connectivity index (χ1n) is 10.6. The number of hydrazone groups is 1. The highest BCUT2D eigenvalue weighted by molar-refractivity contribution is 6.07. The summed E-state index contributed by atoms with van der Waals surface area (Å²) >= 11 is 0. The van der Waals surface area contributed by atoms with E-state index in [1.807, 2.05) is 78.9 Å². The summed E-state index contributed by atoms with van der Waals surface area (Å²) in [6, 6.07) is 30.3. The number of nitrogens with one attached hydrogen (secondary N) is 1. The maximum Gasteiger partial charge on any atom is 0.417 e. The molecule has 0 bridgehead atoms. The Morgan fingerprint density at radius 3 is 2.15 bits per heavy atom. The minimum Gasteiger partial charge on any atom is -0.309 e. The van der Waals surface area contributed by atoms with Crippen molar-refractivity contribution >= 4 is 22.9 Å². The number of fused-ring (bicyclic) bond motifs is 1. The molecule has 168 valence electrons. The minimum atomic E-state index is -4.43. The number of rotatable bonds is 5. The van der Waals surface area contributed by atoms with Gasteiger partial charge in [-0.25, -0.2) is 4.98 Å². The average molecular weight is 456 g/mol. The molecule has 2 aromatic heterocycles. The largest absolute Gasteiger partial charge is 0.417 e. The molecule has 0 spiro atoms. The van der Waals surface area contributed by atoms with Crippen LogP contribution in [0.2, 0.25) is 0 Å². The number of hydrogen-bond donors (Lipinski definition) is 1. The predicted molar refractivity (Wildman–Crippen MR) is 129 cm³/mol. The van der Waals surface area contributed by atoms with Gasteiger partial charge in [-0.2, -0.15) is 18.3 Å². The number of aromatic nitrogens is 2. The van der Waals surface area contributed by atoms with Crippen LogP contribution in [0, 0.1) is 0 Å². The van der Waals surface area contributed by atoms with E-state index >= 15 is 0 Å². The zero-order chi connectivity index (χ0) is 23.5. The van der Waals surface area contributed by atoms with Gasteiger partial charge >= 0.3 is 6.18 Å². The van der Waals surface area contributed by atoms with Gasteiger partial charge in [0.25, 0.3) is 0 Å². The SMILES string of the molecule is FC(F)(F)c1ccc(N/N=C\c2c(-c3ccccc3)n(-c3ccccc3)c3ccccc23)nc1. The molecule has 0 aliphatic heterocycles. The quantitative estimate of drug-likeness (QED) is 0.225. The van der Waals surface area contributed by atoms with Crippen molar-refractivity contribution in [1.82, 2.24) is 9.55 Å². The number of benzene rings is 3. The fourth-order valence-electron chi connectivity index (χ4n) is 3.91. The van der Waals surface area contributed by atoms with Gasteiger partial charge in [0.05, 0.1) is 23.0 Å². The molecule has 0 fully saturated rings. The smallest absolute Gasteiger partial charge is 0.309 e. The van der Waals surface area contributed by atoms with E-state index in [2.05, 4.69) is 26.1 Å². The highest BCUT2D eigenvalue weighted by atomic mass is 19.4. The van der Waals surface area contributed by atoms with Crippen molar-refractivity contribution in [2.75, 3.05) is 5.43 Å². The second-order valence-electron chi connectivity index (χ2n) is 7.62. The molecule has 5 aromatic rings. The first-order chi connectivity index (χ1) is 16.5. The Balaban J connectivity index is 1.61. The molecule has 0 atom stereocenters.